The Morgan fingerprint density at radius 1 is 1.06 bits per heavy atom. The molecule has 0 aliphatic heterocycles. The number of benzene rings is 1. The van der Waals surface area contributed by atoms with Crippen LogP contribution in [0.5, 0.6) is 0 Å². The van der Waals surface area contributed by atoms with Gasteiger partial charge in [-0.1, -0.05) is 32.9 Å². The van der Waals surface area contributed by atoms with Gasteiger partial charge in [-0.15, -0.1) is 0 Å². The molecule has 0 amide bonds. The summed E-state index contributed by atoms with van der Waals surface area (Å²) in [5.74, 6) is -0.472. The molecule has 0 aliphatic rings. The van der Waals surface area contributed by atoms with E-state index in [1.54, 1.807) is 12.1 Å². The smallest absolute Gasteiger partial charge is 0.144 e. The Balaban J connectivity index is 2.47. The summed E-state index contributed by atoms with van der Waals surface area (Å²) in [6, 6.07) is 5.78. The van der Waals surface area contributed by atoms with Gasteiger partial charge in [-0.25, -0.2) is 4.39 Å². The monoisotopic (exact) mass is 250 g/mol. The van der Waals surface area contributed by atoms with Gasteiger partial charge >= 0.3 is 0 Å². The number of carbonyl (C=O) groups excluding carboxylic acids is 2. The van der Waals surface area contributed by atoms with Crippen molar-refractivity contribution in [2.45, 2.75) is 40.0 Å². The van der Waals surface area contributed by atoms with Crippen LogP contribution in [-0.2, 0) is 16.0 Å². The van der Waals surface area contributed by atoms with Gasteiger partial charge in [0.2, 0.25) is 0 Å². The lowest BCUT2D eigenvalue weighted by atomic mass is 9.88. The fourth-order valence-electron chi connectivity index (χ4n) is 1.77. The van der Waals surface area contributed by atoms with Gasteiger partial charge in [-0.05, 0) is 23.1 Å². The van der Waals surface area contributed by atoms with Gasteiger partial charge in [0.05, 0.1) is 6.42 Å². The summed E-state index contributed by atoms with van der Waals surface area (Å²) in [6.45, 7) is 5.90. The molecule has 0 aliphatic carbocycles. The van der Waals surface area contributed by atoms with Gasteiger partial charge in [-0.2, -0.15) is 0 Å². The highest BCUT2D eigenvalue weighted by atomic mass is 19.1. The molecule has 18 heavy (non-hydrogen) atoms. The van der Waals surface area contributed by atoms with Gasteiger partial charge < -0.3 is 0 Å². The fourth-order valence-corrected chi connectivity index (χ4v) is 1.77. The Kier molecular flexibility index (Phi) is 4.76. The van der Waals surface area contributed by atoms with E-state index < -0.39 is 0 Å². The maximum Gasteiger partial charge on any atom is 0.144 e. The van der Waals surface area contributed by atoms with Crippen molar-refractivity contribution in [3.05, 3.63) is 35.6 Å². The van der Waals surface area contributed by atoms with Crippen molar-refractivity contribution >= 4 is 11.6 Å². The van der Waals surface area contributed by atoms with Gasteiger partial charge in [0, 0.05) is 12.8 Å². The number of Topliss-reactive ketones (excluding diaryl/α,β-unsaturated/α-hetero) is 2. The molecule has 0 heterocycles. The summed E-state index contributed by atoms with van der Waals surface area (Å²) < 4.78 is 12.7. The van der Waals surface area contributed by atoms with E-state index in [0.717, 1.165) is 5.56 Å². The van der Waals surface area contributed by atoms with Gasteiger partial charge in [-0.3, -0.25) is 9.59 Å². The molecule has 1 rings (SSSR count). The summed E-state index contributed by atoms with van der Waals surface area (Å²) in [5, 5.41) is 0. The maximum atomic E-state index is 12.7. The molecule has 0 saturated carbocycles. The average molecular weight is 250 g/mol. The van der Waals surface area contributed by atoms with Crippen molar-refractivity contribution in [3.63, 3.8) is 0 Å². The lowest BCUT2D eigenvalue weighted by Crippen LogP contribution is -2.17. The van der Waals surface area contributed by atoms with Gasteiger partial charge in [0.15, 0.2) is 0 Å². The summed E-state index contributed by atoms with van der Waals surface area (Å²) in [6.07, 6.45) is 0.562. The lowest BCUT2D eigenvalue weighted by Gasteiger charge is -2.16. The van der Waals surface area contributed by atoms with Crippen LogP contribution in [0.15, 0.2) is 24.3 Å². The number of hydrogen-bond donors (Lipinski definition) is 0. The fraction of sp³-hybridized carbons (Fsp3) is 0.467. The first-order chi connectivity index (χ1) is 8.26. The van der Waals surface area contributed by atoms with E-state index in [2.05, 4.69) is 0 Å². The number of rotatable bonds is 5. The predicted molar refractivity (Wildman–Crippen MR) is 68.8 cm³/mol. The Hall–Kier alpha value is -1.51. The largest absolute Gasteiger partial charge is 0.299 e. The molecule has 0 bridgehead atoms. The molecular weight excluding hydrogens is 231 g/mol. The highest BCUT2D eigenvalue weighted by Crippen LogP contribution is 2.19. The molecule has 3 heteroatoms. The van der Waals surface area contributed by atoms with Crippen LogP contribution in [0.2, 0.25) is 0 Å². The van der Waals surface area contributed by atoms with Crippen molar-refractivity contribution < 1.29 is 14.0 Å². The average Bonchev–Trinajstić information content (AvgIpc) is 2.18. The molecule has 0 unspecified atom stereocenters. The first-order valence-corrected chi connectivity index (χ1v) is 6.04. The van der Waals surface area contributed by atoms with Crippen molar-refractivity contribution in [1.82, 2.24) is 0 Å². The molecule has 0 radical (unpaired) electrons. The minimum atomic E-state index is -0.324. The molecule has 0 fully saturated rings. The maximum absolute atomic E-state index is 12.7. The van der Waals surface area contributed by atoms with Crippen LogP contribution in [0.1, 0.15) is 39.2 Å². The Labute approximate surface area is 107 Å². The topological polar surface area (TPSA) is 34.1 Å². The Bertz CT molecular complexity index is 427. The van der Waals surface area contributed by atoms with E-state index in [1.807, 2.05) is 20.8 Å². The zero-order chi connectivity index (χ0) is 13.8. The van der Waals surface area contributed by atoms with Crippen molar-refractivity contribution in [3.8, 4) is 0 Å². The second-order valence-electron chi connectivity index (χ2n) is 5.79. The molecule has 0 saturated heterocycles. The zero-order valence-electron chi connectivity index (χ0n) is 11.1. The predicted octanol–water partition coefficient (Wildman–Crippen LogP) is 3.33. The van der Waals surface area contributed by atoms with Crippen LogP contribution in [0.3, 0.4) is 0 Å². The highest BCUT2D eigenvalue weighted by Gasteiger charge is 2.18. The molecule has 0 atom stereocenters. The standard InChI is InChI=1S/C15H19FO2/c1-15(2,3)10-14(18)9-13(17)8-11-4-6-12(16)7-5-11/h4-7H,8-10H2,1-3H3. The molecule has 0 spiro atoms. The van der Waals surface area contributed by atoms with Crippen molar-refractivity contribution in [2.75, 3.05) is 0 Å². The normalized spacial score (nSPS) is 11.3. The van der Waals surface area contributed by atoms with E-state index in [1.165, 1.54) is 12.1 Å². The molecule has 1 aromatic rings. The van der Waals surface area contributed by atoms with Gasteiger partial charge in [0.1, 0.15) is 17.4 Å². The third kappa shape index (κ3) is 5.71. The van der Waals surface area contributed by atoms with Crippen LogP contribution in [-0.4, -0.2) is 11.6 Å². The summed E-state index contributed by atoms with van der Waals surface area (Å²) in [4.78, 5) is 23.3. The highest BCUT2D eigenvalue weighted by molar-refractivity contribution is 6.00. The van der Waals surface area contributed by atoms with E-state index in [9.17, 15) is 14.0 Å². The van der Waals surface area contributed by atoms with Crippen molar-refractivity contribution in [1.29, 1.82) is 0 Å². The summed E-state index contributed by atoms with van der Waals surface area (Å²) >= 11 is 0. The molecule has 1 aromatic carbocycles. The third-order valence-electron chi connectivity index (χ3n) is 2.44. The third-order valence-corrected chi connectivity index (χ3v) is 2.44. The lowest BCUT2D eigenvalue weighted by molar-refractivity contribution is -0.127. The Morgan fingerprint density at radius 2 is 1.61 bits per heavy atom. The second-order valence-corrected chi connectivity index (χ2v) is 5.79. The quantitative estimate of drug-likeness (QED) is 0.751. The van der Waals surface area contributed by atoms with Crippen LogP contribution < -0.4 is 0 Å². The van der Waals surface area contributed by atoms with E-state index in [4.69, 9.17) is 0 Å². The van der Waals surface area contributed by atoms with Gasteiger partial charge in [0.25, 0.3) is 0 Å². The van der Waals surface area contributed by atoms with Crippen molar-refractivity contribution in [2.24, 2.45) is 5.41 Å². The minimum Gasteiger partial charge on any atom is -0.299 e. The number of ketones is 2. The summed E-state index contributed by atoms with van der Waals surface area (Å²) in [5.41, 5.74) is 0.651. The number of carbonyl (C=O) groups is 2. The SMILES string of the molecule is CC(C)(C)CC(=O)CC(=O)Cc1ccc(F)cc1. The molecule has 0 N–H and O–H groups in total. The second kappa shape index (κ2) is 5.89. The molecular formula is C15H19FO2. The minimum absolute atomic E-state index is 0.0328. The first kappa shape index (κ1) is 14.6. The van der Waals surface area contributed by atoms with E-state index in [0.29, 0.717) is 6.42 Å². The number of hydrogen-bond acceptors (Lipinski definition) is 2. The van der Waals surface area contributed by atoms with Crippen LogP contribution >= 0.6 is 0 Å². The molecule has 98 valence electrons. The number of halogens is 1. The van der Waals surface area contributed by atoms with E-state index >= 15 is 0 Å². The van der Waals surface area contributed by atoms with Crippen LogP contribution in [0.25, 0.3) is 0 Å². The summed E-state index contributed by atoms with van der Waals surface area (Å²) in [7, 11) is 0. The zero-order valence-corrected chi connectivity index (χ0v) is 11.1. The first-order valence-electron chi connectivity index (χ1n) is 6.04. The van der Waals surface area contributed by atoms with Crippen LogP contribution in [0.4, 0.5) is 4.39 Å². The van der Waals surface area contributed by atoms with E-state index in [-0.39, 0.29) is 35.6 Å². The molecule has 0 aromatic heterocycles. The Morgan fingerprint density at radius 3 is 2.11 bits per heavy atom. The van der Waals surface area contributed by atoms with Crippen LogP contribution in [0, 0.1) is 11.2 Å². The molecule has 2 nitrogen and oxygen atoms in total.